The minimum absolute atomic E-state index is 0.0880. The zero-order valence-electron chi connectivity index (χ0n) is 13.2. The summed E-state index contributed by atoms with van der Waals surface area (Å²) in [7, 11) is 0. The molecule has 2 aromatic carbocycles. The van der Waals surface area contributed by atoms with Crippen LogP contribution in [0.3, 0.4) is 0 Å². The van der Waals surface area contributed by atoms with Crippen molar-refractivity contribution in [2.24, 2.45) is 0 Å². The molecule has 0 saturated heterocycles. The Hall–Kier alpha value is -4.21. The first-order chi connectivity index (χ1) is 12.9. The average molecular weight is 365 g/mol. The topological polar surface area (TPSA) is 146 Å². The number of carbonyl (C=O) groups excluding carboxylic acids is 2. The van der Waals surface area contributed by atoms with E-state index in [1.807, 2.05) is 0 Å². The van der Waals surface area contributed by atoms with E-state index in [2.05, 4.69) is 4.98 Å². The van der Waals surface area contributed by atoms with Gasteiger partial charge >= 0.3 is 0 Å². The van der Waals surface area contributed by atoms with Gasteiger partial charge < -0.3 is 4.42 Å². The van der Waals surface area contributed by atoms with Gasteiger partial charge in [-0.05, 0) is 0 Å². The minimum atomic E-state index is -0.800. The van der Waals surface area contributed by atoms with Gasteiger partial charge in [-0.1, -0.05) is 24.3 Å². The largest absolute Gasteiger partial charge is 0.432 e. The van der Waals surface area contributed by atoms with Crippen LogP contribution < -0.4 is 0 Å². The molecule has 0 atom stereocenters. The summed E-state index contributed by atoms with van der Waals surface area (Å²) in [5.41, 5.74) is -1.09. The molecule has 4 rings (SSSR count). The molecule has 10 nitrogen and oxygen atoms in total. The fraction of sp³-hybridized carbons (Fsp3) is 0. The van der Waals surface area contributed by atoms with Crippen molar-refractivity contribution < 1.29 is 23.9 Å². The van der Waals surface area contributed by atoms with E-state index >= 15 is 0 Å². The third kappa shape index (κ3) is 2.47. The first kappa shape index (κ1) is 16.3. The molecule has 0 saturated carbocycles. The highest BCUT2D eigenvalue weighted by atomic mass is 16.6. The van der Waals surface area contributed by atoms with Crippen LogP contribution in [0.5, 0.6) is 0 Å². The van der Waals surface area contributed by atoms with Gasteiger partial charge in [0.05, 0.1) is 21.5 Å². The van der Waals surface area contributed by atoms with Gasteiger partial charge in [0, 0.05) is 23.3 Å². The molecule has 10 heteroatoms. The number of nitro groups is 2. The Bertz CT molecular complexity index is 1090. The van der Waals surface area contributed by atoms with E-state index in [0.717, 1.165) is 18.2 Å². The highest BCUT2D eigenvalue weighted by Gasteiger charge is 2.35. The Balaban J connectivity index is 1.89. The molecule has 1 heterocycles. The number of nitrogens with zero attached hydrogens (tertiary/aromatic N) is 3. The van der Waals surface area contributed by atoms with Crippen LogP contribution in [-0.2, 0) is 0 Å². The molecule has 1 aliphatic carbocycles. The molecular formula is C17H7N3O7. The summed E-state index contributed by atoms with van der Waals surface area (Å²) in [6.45, 7) is 0. The second-order valence-electron chi connectivity index (χ2n) is 5.65. The van der Waals surface area contributed by atoms with Gasteiger partial charge in [-0.25, -0.2) is 4.98 Å². The number of benzene rings is 2. The number of nitro benzene ring substituents is 2. The van der Waals surface area contributed by atoms with Crippen LogP contribution in [-0.4, -0.2) is 26.4 Å². The van der Waals surface area contributed by atoms with Crippen molar-refractivity contribution in [3.8, 4) is 11.5 Å². The minimum Gasteiger partial charge on any atom is -0.432 e. The maximum atomic E-state index is 12.6. The molecule has 1 aliphatic rings. The first-order valence-corrected chi connectivity index (χ1v) is 7.50. The van der Waals surface area contributed by atoms with Crippen LogP contribution in [0.2, 0.25) is 0 Å². The van der Waals surface area contributed by atoms with Gasteiger partial charge in [0.25, 0.3) is 11.4 Å². The third-order valence-electron chi connectivity index (χ3n) is 4.04. The van der Waals surface area contributed by atoms with Crippen molar-refractivity contribution in [3.05, 3.63) is 85.3 Å². The summed E-state index contributed by atoms with van der Waals surface area (Å²) < 4.78 is 5.37. The molecule has 0 aliphatic heterocycles. The highest BCUT2D eigenvalue weighted by Crippen LogP contribution is 2.34. The molecule has 3 aromatic rings. The van der Waals surface area contributed by atoms with Crippen molar-refractivity contribution in [1.29, 1.82) is 0 Å². The first-order valence-electron chi connectivity index (χ1n) is 7.50. The number of hydrogen-bond acceptors (Lipinski definition) is 8. The highest BCUT2D eigenvalue weighted by molar-refractivity contribution is 6.26. The average Bonchev–Trinajstić information content (AvgIpc) is 3.11. The lowest BCUT2D eigenvalue weighted by Gasteiger charge is -2.10. The third-order valence-corrected chi connectivity index (χ3v) is 4.04. The standard InChI is InChI=1S/C17H7N3O7/c21-14-11-3-1-2-4-12(11)15(22)16-13(14)18-17(27-16)8-5-9(19(23)24)7-10(6-8)20(25)26/h1-7H. The fourth-order valence-corrected chi connectivity index (χ4v) is 2.81. The number of aromatic nitrogens is 1. The number of fused-ring (bicyclic) bond motifs is 2. The number of hydrogen-bond donors (Lipinski definition) is 0. The number of non-ortho nitro benzene ring substituents is 2. The maximum Gasteiger partial charge on any atom is 0.277 e. The van der Waals surface area contributed by atoms with Gasteiger partial charge in [0.1, 0.15) is 0 Å². The molecule has 0 fully saturated rings. The van der Waals surface area contributed by atoms with Crippen molar-refractivity contribution in [2.45, 2.75) is 0 Å². The van der Waals surface area contributed by atoms with E-state index in [-0.39, 0.29) is 34.0 Å². The van der Waals surface area contributed by atoms with Gasteiger partial charge in [0.2, 0.25) is 23.2 Å². The van der Waals surface area contributed by atoms with Crippen LogP contribution in [0.15, 0.2) is 46.9 Å². The zero-order valence-corrected chi connectivity index (χ0v) is 13.2. The van der Waals surface area contributed by atoms with Crippen molar-refractivity contribution >= 4 is 22.9 Å². The lowest BCUT2D eigenvalue weighted by atomic mass is 9.91. The Morgan fingerprint density at radius 1 is 0.852 bits per heavy atom. The van der Waals surface area contributed by atoms with Crippen LogP contribution in [0.4, 0.5) is 11.4 Å². The van der Waals surface area contributed by atoms with Crippen LogP contribution >= 0.6 is 0 Å². The summed E-state index contributed by atoms with van der Waals surface area (Å²) in [6.07, 6.45) is 0. The van der Waals surface area contributed by atoms with Crippen molar-refractivity contribution in [3.63, 3.8) is 0 Å². The summed E-state index contributed by atoms with van der Waals surface area (Å²) in [5, 5.41) is 22.1. The van der Waals surface area contributed by atoms with Gasteiger partial charge in [0.15, 0.2) is 5.69 Å². The Labute approximate surface area is 149 Å². The van der Waals surface area contributed by atoms with Crippen molar-refractivity contribution in [1.82, 2.24) is 4.98 Å². The Kier molecular flexibility index (Phi) is 3.41. The second kappa shape index (κ2) is 5.66. The molecule has 0 bridgehead atoms. The SMILES string of the molecule is O=C1c2ccccc2C(=O)c2oc(-c3cc([N+](=O)[O-])cc([N+](=O)[O-])c3)nc21. The number of oxazole rings is 1. The lowest BCUT2D eigenvalue weighted by Crippen LogP contribution is -2.19. The lowest BCUT2D eigenvalue weighted by molar-refractivity contribution is -0.394. The summed E-state index contributed by atoms with van der Waals surface area (Å²) >= 11 is 0. The van der Waals surface area contributed by atoms with Crippen LogP contribution in [0.1, 0.15) is 32.2 Å². The van der Waals surface area contributed by atoms with Crippen molar-refractivity contribution in [2.75, 3.05) is 0 Å². The molecule has 0 amide bonds. The van der Waals surface area contributed by atoms with Gasteiger partial charge in [-0.15, -0.1) is 0 Å². The zero-order chi connectivity index (χ0) is 19.3. The normalized spacial score (nSPS) is 12.4. The number of ketones is 2. The smallest absolute Gasteiger partial charge is 0.277 e. The number of rotatable bonds is 3. The quantitative estimate of drug-likeness (QED) is 0.397. The van der Waals surface area contributed by atoms with Crippen LogP contribution in [0.25, 0.3) is 11.5 Å². The van der Waals surface area contributed by atoms with E-state index in [1.165, 1.54) is 12.1 Å². The maximum absolute atomic E-state index is 12.6. The van der Waals surface area contributed by atoms with E-state index < -0.39 is 32.8 Å². The molecular weight excluding hydrogens is 358 g/mol. The van der Waals surface area contributed by atoms with Gasteiger partial charge in [-0.3, -0.25) is 29.8 Å². The van der Waals surface area contributed by atoms with E-state index in [4.69, 9.17) is 4.42 Å². The summed E-state index contributed by atoms with van der Waals surface area (Å²) in [5.74, 6) is -1.68. The van der Waals surface area contributed by atoms with Crippen LogP contribution in [0, 0.1) is 20.2 Å². The monoisotopic (exact) mass is 365 g/mol. The molecule has 0 spiro atoms. The van der Waals surface area contributed by atoms with E-state index in [9.17, 15) is 29.8 Å². The molecule has 0 radical (unpaired) electrons. The molecule has 0 N–H and O–H groups in total. The predicted molar refractivity (Wildman–Crippen MR) is 88.6 cm³/mol. The number of carbonyl (C=O) groups is 2. The predicted octanol–water partition coefficient (Wildman–Crippen LogP) is 2.93. The summed E-state index contributed by atoms with van der Waals surface area (Å²) in [4.78, 5) is 49.5. The Morgan fingerprint density at radius 3 is 1.96 bits per heavy atom. The summed E-state index contributed by atoms with van der Waals surface area (Å²) in [6, 6.07) is 8.97. The second-order valence-corrected chi connectivity index (χ2v) is 5.65. The fourth-order valence-electron chi connectivity index (χ4n) is 2.81. The molecule has 27 heavy (non-hydrogen) atoms. The van der Waals surface area contributed by atoms with E-state index in [1.54, 1.807) is 12.1 Å². The Morgan fingerprint density at radius 2 is 1.41 bits per heavy atom. The molecule has 132 valence electrons. The molecule has 1 aromatic heterocycles. The van der Waals surface area contributed by atoms with Gasteiger partial charge in [-0.2, -0.15) is 0 Å². The molecule has 0 unspecified atom stereocenters. The van der Waals surface area contributed by atoms with E-state index in [0.29, 0.717) is 0 Å².